The second kappa shape index (κ2) is 7.71. The highest BCUT2D eigenvalue weighted by atomic mass is 16.2. The zero-order valence-corrected chi connectivity index (χ0v) is 10.6. The molecule has 0 spiro atoms. The van der Waals surface area contributed by atoms with Gasteiger partial charge < -0.3 is 11.1 Å². The van der Waals surface area contributed by atoms with Crippen LogP contribution in [0.25, 0.3) is 0 Å². The SMILES string of the molecule is C#CCNC(=O)N(CCCc1ccncc1)C(=N)N. The van der Waals surface area contributed by atoms with Gasteiger partial charge in [-0.2, -0.15) is 0 Å². The molecule has 0 saturated carbocycles. The molecule has 0 aliphatic rings. The molecule has 4 N–H and O–H groups in total. The molecule has 0 unspecified atom stereocenters. The monoisotopic (exact) mass is 259 g/mol. The van der Waals surface area contributed by atoms with Gasteiger partial charge in [0.15, 0.2) is 5.96 Å². The van der Waals surface area contributed by atoms with Crippen LogP contribution in [-0.2, 0) is 6.42 Å². The first-order valence-electron chi connectivity index (χ1n) is 5.87. The van der Waals surface area contributed by atoms with E-state index in [2.05, 4.69) is 16.2 Å². The normalized spacial score (nSPS) is 9.42. The van der Waals surface area contributed by atoms with Crippen molar-refractivity contribution in [3.63, 3.8) is 0 Å². The maximum absolute atomic E-state index is 11.7. The Morgan fingerprint density at radius 1 is 1.53 bits per heavy atom. The van der Waals surface area contributed by atoms with Crippen molar-refractivity contribution in [2.24, 2.45) is 5.73 Å². The Morgan fingerprint density at radius 3 is 2.79 bits per heavy atom. The Morgan fingerprint density at radius 2 is 2.21 bits per heavy atom. The van der Waals surface area contributed by atoms with Gasteiger partial charge in [-0.1, -0.05) is 5.92 Å². The zero-order chi connectivity index (χ0) is 14.1. The first kappa shape index (κ1) is 14.5. The van der Waals surface area contributed by atoms with Crippen molar-refractivity contribution in [3.05, 3.63) is 30.1 Å². The van der Waals surface area contributed by atoms with Gasteiger partial charge in [0.25, 0.3) is 0 Å². The number of hydrogen-bond acceptors (Lipinski definition) is 3. The van der Waals surface area contributed by atoms with E-state index in [9.17, 15) is 4.79 Å². The molecular formula is C13H17N5O. The maximum Gasteiger partial charge on any atom is 0.324 e. The molecule has 0 aliphatic carbocycles. The first-order valence-corrected chi connectivity index (χ1v) is 5.87. The zero-order valence-electron chi connectivity index (χ0n) is 10.6. The molecule has 0 atom stereocenters. The van der Waals surface area contributed by atoms with Crippen LogP contribution in [0.3, 0.4) is 0 Å². The lowest BCUT2D eigenvalue weighted by atomic mass is 10.1. The molecular weight excluding hydrogens is 242 g/mol. The number of carbonyl (C=O) groups is 1. The minimum atomic E-state index is -0.444. The van der Waals surface area contributed by atoms with Crippen LogP contribution >= 0.6 is 0 Å². The van der Waals surface area contributed by atoms with Gasteiger partial charge in [0, 0.05) is 18.9 Å². The molecule has 1 heterocycles. The Balaban J connectivity index is 2.44. The van der Waals surface area contributed by atoms with Gasteiger partial charge in [0.2, 0.25) is 0 Å². The van der Waals surface area contributed by atoms with Crippen molar-refractivity contribution in [3.8, 4) is 12.3 Å². The lowest BCUT2D eigenvalue weighted by molar-refractivity contribution is 0.221. The van der Waals surface area contributed by atoms with Gasteiger partial charge >= 0.3 is 6.03 Å². The fourth-order valence-corrected chi connectivity index (χ4v) is 1.54. The van der Waals surface area contributed by atoms with Gasteiger partial charge in [-0.05, 0) is 30.5 Å². The third-order valence-corrected chi connectivity index (χ3v) is 2.47. The smallest absolute Gasteiger partial charge is 0.324 e. The highest BCUT2D eigenvalue weighted by molar-refractivity contribution is 5.93. The van der Waals surface area contributed by atoms with Gasteiger partial charge in [0.05, 0.1) is 6.54 Å². The molecule has 0 fully saturated rings. The standard InChI is InChI=1S/C13H17N5O/c1-2-7-17-13(19)18(12(14)15)10-3-4-11-5-8-16-9-6-11/h1,5-6,8-9H,3-4,7,10H2,(H3,14,15)(H,17,19). The van der Waals surface area contributed by atoms with E-state index in [4.69, 9.17) is 17.6 Å². The topological polar surface area (TPSA) is 95.1 Å². The quantitative estimate of drug-likeness (QED) is 0.409. The number of guanidine groups is 1. The Kier molecular flexibility index (Phi) is 5.89. The summed E-state index contributed by atoms with van der Waals surface area (Å²) >= 11 is 0. The van der Waals surface area contributed by atoms with Crippen LogP contribution < -0.4 is 11.1 Å². The predicted octanol–water partition coefficient (Wildman–Crippen LogP) is 0.552. The number of carbonyl (C=O) groups excluding carboxylic acids is 1. The number of nitrogens with two attached hydrogens (primary N) is 1. The largest absolute Gasteiger partial charge is 0.370 e. The average Bonchev–Trinajstić information content (AvgIpc) is 2.41. The van der Waals surface area contributed by atoms with E-state index < -0.39 is 6.03 Å². The summed E-state index contributed by atoms with van der Waals surface area (Å²) in [5.74, 6) is 2.01. The lowest BCUT2D eigenvalue weighted by Gasteiger charge is -2.20. The van der Waals surface area contributed by atoms with E-state index in [1.54, 1.807) is 12.4 Å². The van der Waals surface area contributed by atoms with Crippen molar-refractivity contribution in [2.45, 2.75) is 12.8 Å². The van der Waals surface area contributed by atoms with Crippen LogP contribution in [0, 0.1) is 17.8 Å². The van der Waals surface area contributed by atoms with Gasteiger partial charge in [0.1, 0.15) is 0 Å². The first-order chi connectivity index (χ1) is 9.15. The summed E-state index contributed by atoms with van der Waals surface area (Å²) in [6, 6.07) is 3.38. The number of aryl methyl sites for hydroxylation is 1. The van der Waals surface area contributed by atoms with Crippen molar-refractivity contribution < 1.29 is 4.79 Å². The third kappa shape index (κ3) is 5.08. The van der Waals surface area contributed by atoms with Crippen molar-refractivity contribution in [2.75, 3.05) is 13.1 Å². The number of amides is 2. The van der Waals surface area contributed by atoms with Crippen LogP contribution in [0.2, 0.25) is 0 Å². The number of hydrogen-bond donors (Lipinski definition) is 3. The summed E-state index contributed by atoms with van der Waals surface area (Å²) in [6.45, 7) is 0.487. The number of nitrogens with one attached hydrogen (secondary N) is 2. The van der Waals surface area contributed by atoms with E-state index in [1.807, 2.05) is 12.1 Å². The molecule has 6 heteroatoms. The van der Waals surface area contributed by atoms with Crippen LogP contribution in [0.5, 0.6) is 0 Å². The summed E-state index contributed by atoms with van der Waals surface area (Å²) < 4.78 is 0. The second-order valence-corrected chi connectivity index (χ2v) is 3.86. The van der Waals surface area contributed by atoms with Gasteiger partial charge in [-0.3, -0.25) is 15.3 Å². The molecule has 1 aromatic rings. The summed E-state index contributed by atoms with van der Waals surface area (Å²) in [6.07, 6.45) is 9.98. The Hall–Kier alpha value is -2.55. The summed E-state index contributed by atoms with van der Waals surface area (Å²) in [5, 5.41) is 9.86. The number of urea groups is 1. The fourth-order valence-electron chi connectivity index (χ4n) is 1.54. The van der Waals surface area contributed by atoms with Crippen LogP contribution in [0.4, 0.5) is 4.79 Å². The van der Waals surface area contributed by atoms with Gasteiger partial charge in [-0.15, -0.1) is 6.42 Å². The molecule has 1 aromatic heterocycles. The van der Waals surface area contributed by atoms with Crippen molar-refractivity contribution in [1.29, 1.82) is 5.41 Å². The number of nitrogens with zero attached hydrogens (tertiary/aromatic N) is 2. The molecule has 100 valence electrons. The lowest BCUT2D eigenvalue weighted by Crippen LogP contribution is -2.47. The van der Waals surface area contributed by atoms with Crippen LogP contribution in [0.15, 0.2) is 24.5 Å². The molecule has 6 nitrogen and oxygen atoms in total. The molecule has 2 amide bonds. The minimum Gasteiger partial charge on any atom is -0.370 e. The molecule has 0 aliphatic heterocycles. The molecule has 1 rings (SSSR count). The van der Waals surface area contributed by atoms with E-state index in [0.29, 0.717) is 13.0 Å². The fraction of sp³-hybridized carbons (Fsp3) is 0.308. The molecule has 19 heavy (non-hydrogen) atoms. The number of terminal acetylenes is 1. The Labute approximate surface area is 112 Å². The van der Waals surface area contributed by atoms with E-state index in [-0.39, 0.29) is 12.5 Å². The summed E-state index contributed by atoms with van der Waals surface area (Å²) in [4.78, 5) is 16.8. The summed E-state index contributed by atoms with van der Waals surface area (Å²) in [7, 11) is 0. The third-order valence-electron chi connectivity index (χ3n) is 2.47. The average molecular weight is 259 g/mol. The van der Waals surface area contributed by atoms with Crippen LogP contribution in [0.1, 0.15) is 12.0 Å². The Bertz CT molecular complexity index is 466. The minimum absolute atomic E-state index is 0.118. The van der Waals surface area contributed by atoms with Crippen molar-refractivity contribution in [1.82, 2.24) is 15.2 Å². The molecule has 0 aromatic carbocycles. The highest BCUT2D eigenvalue weighted by Gasteiger charge is 2.14. The predicted molar refractivity (Wildman–Crippen MR) is 73.4 cm³/mol. The van der Waals surface area contributed by atoms with Crippen LogP contribution in [-0.4, -0.2) is 35.0 Å². The van der Waals surface area contributed by atoms with Gasteiger partial charge in [-0.25, -0.2) is 4.79 Å². The van der Waals surface area contributed by atoms with E-state index in [0.717, 1.165) is 12.0 Å². The van der Waals surface area contributed by atoms with Crippen molar-refractivity contribution >= 4 is 12.0 Å². The highest BCUT2D eigenvalue weighted by Crippen LogP contribution is 2.02. The second-order valence-electron chi connectivity index (χ2n) is 3.86. The molecule has 0 saturated heterocycles. The number of pyridine rings is 1. The van der Waals surface area contributed by atoms with E-state index in [1.165, 1.54) is 4.90 Å². The summed E-state index contributed by atoms with van der Waals surface area (Å²) in [5.41, 5.74) is 6.50. The molecule has 0 radical (unpaired) electrons. The van der Waals surface area contributed by atoms with E-state index >= 15 is 0 Å². The molecule has 0 bridgehead atoms. The number of rotatable bonds is 5. The maximum atomic E-state index is 11.7. The number of aromatic nitrogens is 1.